The quantitative estimate of drug-likeness (QED) is 0.589. The summed E-state index contributed by atoms with van der Waals surface area (Å²) in [6.07, 6.45) is 2.70. The fourth-order valence-electron chi connectivity index (χ4n) is 3.26. The lowest BCUT2D eigenvalue weighted by Gasteiger charge is -2.17. The topological polar surface area (TPSA) is 58.2 Å². The molecule has 0 spiro atoms. The molecule has 2 aromatic carbocycles. The molecule has 0 bridgehead atoms. The Bertz CT molecular complexity index is 955. The fourth-order valence-corrected chi connectivity index (χ4v) is 3.26. The average molecular weight is 395 g/mol. The monoisotopic (exact) mass is 395 g/mol. The third kappa shape index (κ3) is 5.67. The Morgan fingerprint density at radius 3 is 2.76 bits per heavy atom. The summed E-state index contributed by atoms with van der Waals surface area (Å²) in [6, 6.07) is 16.1. The van der Waals surface area contributed by atoms with Crippen LogP contribution in [0.2, 0.25) is 0 Å². The van der Waals surface area contributed by atoms with Crippen molar-refractivity contribution in [1.29, 1.82) is 0 Å². The van der Waals surface area contributed by atoms with Crippen molar-refractivity contribution in [1.82, 2.24) is 15.1 Å². The second-order valence-corrected chi connectivity index (χ2v) is 7.02. The number of H-pyrrole nitrogens is 1. The number of benzene rings is 2. The van der Waals surface area contributed by atoms with Gasteiger partial charge in [-0.15, -0.1) is 0 Å². The molecule has 0 aliphatic heterocycles. The number of methoxy groups -OCH3 is 1. The molecule has 1 amide bonds. The molecule has 0 atom stereocenters. The van der Waals surface area contributed by atoms with Crippen molar-refractivity contribution in [3.63, 3.8) is 0 Å². The first-order valence-corrected chi connectivity index (χ1v) is 9.73. The van der Waals surface area contributed by atoms with E-state index in [1.54, 1.807) is 18.1 Å². The lowest BCUT2D eigenvalue weighted by Crippen LogP contribution is -2.28. The van der Waals surface area contributed by atoms with Crippen molar-refractivity contribution >= 4 is 5.91 Å². The van der Waals surface area contributed by atoms with Gasteiger partial charge in [-0.05, 0) is 49.1 Å². The number of ether oxygens (including phenoxy) is 1. The molecular weight excluding hydrogens is 369 g/mol. The Labute approximate surface area is 170 Å². The zero-order valence-corrected chi connectivity index (χ0v) is 16.8. The number of halogens is 1. The molecule has 1 N–H and O–H groups in total. The predicted octanol–water partition coefficient (Wildman–Crippen LogP) is 4.25. The first-order valence-electron chi connectivity index (χ1n) is 9.73. The Morgan fingerprint density at radius 1 is 1.14 bits per heavy atom. The van der Waals surface area contributed by atoms with Gasteiger partial charge in [-0.3, -0.25) is 9.89 Å². The van der Waals surface area contributed by atoms with E-state index in [4.69, 9.17) is 4.74 Å². The number of hydrogen-bond donors (Lipinski definition) is 1. The van der Waals surface area contributed by atoms with Gasteiger partial charge in [0.2, 0.25) is 5.91 Å². The van der Waals surface area contributed by atoms with E-state index in [1.807, 2.05) is 43.4 Å². The number of para-hydroxylation sites is 1. The van der Waals surface area contributed by atoms with Crippen LogP contribution in [0.5, 0.6) is 5.75 Å². The molecule has 5 nitrogen and oxygen atoms in total. The minimum Gasteiger partial charge on any atom is -0.496 e. The maximum Gasteiger partial charge on any atom is 0.222 e. The molecule has 6 heteroatoms. The standard InChI is InChI=1S/C23H26FN3O2/c1-27(23(28)13-12-17-7-3-4-11-22(17)29-2)14-6-10-20-16-21(26-25-20)18-8-5-9-19(24)15-18/h3-5,7-9,11,15-16H,6,10,12-14H2,1-2H3,(H,25,26). The number of nitrogens with zero attached hydrogens (tertiary/aromatic N) is 2. The SMILES string of the molecule is COc1ccccc1CCC(=O)N(C)CCCc1cc(-c2cccc(F)c2)n[nH]1. The van der Waals surface area contributed by atoms with Gasteiger partial charge < -0.3 is 9.64 Å². The van der Waals surface area contributed by atoms with Crippen molar-refractivity contribution in [2.45, 2.75) is 25.7 Å². The molecule has 0 saturated heterocycles. The van der Waals surface area contributed by atoms with Gasteiger partial charge in [0.15, 0.2) is 0 Å². The summed E-state index contributed by atoms with van der Waals surface area (Å²) in [4.78, 5) is 14.2. The van der Waals surface area contributed by atoms with Gasteiger partial charge >= 0.3 is 0 Å². The number of rotatable bonds is 9. The van der Waals surface area contributed by atoms with Gasteiger partial charge in [-0.1, -0.05) is 30.3 Å². The Balaban J connectivity index is 1.45. The summed E-state index contributed by atoms with van der Waals surface area (Å²) in [5.41, 5.74) is 3.48. The summed E-state index contributed by atoms with van der Waals surface area (Å²) < 4.78 is 18.7. The third-order valence-electron chi connectivity index (χ3n) is 4.92. The Kier molecular flexibility index (Phi) is 7.00. The summed E-state index contributed by atoms with van der Waals surface area (Å²) in [7, 11) is 3.47. The van der Waals surface area contributed by atoms with Gasteiger partial charge in [0.05, 0.1) is 12.8 Å². The van der Waals surface area contributed by atoms with Crippen molar-refractivity contribution in [2.24, 2.45) is 0 Å². The molecule has 0 aliphatic rings. The number of amides is 1. The number of nitrogens with one attached hydrogen (secondary N) is 1. The maximum atomic E-state index is 13.4. The highest BCUT2D eigenvalue weighted by molar-refractivity contribution is 5.76. The summed E-state index contributed by atoms with van der Waals surface area (Å²) in [6.45, 7) is 0.666. The lowest BCUT2D eigenvalue weighted by atomic mass is 10.1. The highest BCUT2D eigenvalue weighted by Gasteiger charge is 2.11. The van der Waals surface area contributed by atoms with E-state index in [-0.39, 0.29) is 11.7 Å². The molecule has 1 aromatic heterocycles. The van der Waals surface area contributed by atoms with E-state index in [0.29, 0.717) is 19.4 Å². The molecule has 152 valence electrons. The minimum atomic E-state index is -0.277. The van der Waals surface area contributed by atoms with Gasteiger partial charge in [0.25, 0.3) is 0 Å². The van der Waals surface area contributed by atoms with Crippen LogP contribution in [0.25, 0.3) is 11.3 Å². The second kappa shape index (κ2) is 9.87. The first-order chi connectivity index (χ1) is 14.1. The normalized spacial score (nSPS) is 10.7. The van der Waals surface area contributed by atoms with Crippen molar-refractivity contribution in [3.05, 3.63) is 71.7 Å². The predicted molar refractivity (Wildman–Crippen MR) is 111 cm³/mol. The van der Waals surface area contributed by atoms with E-state index in [2.05, 4.69) is 10.2 Å². The second-order valence-electron chi connectivity index (χ2n) is 7.02. The molecule has 0 radical (unpaired) electrons. The molecule has 3 aromatic rings. The van der Waals surface area contributed by atoms with E-state index in [9.17, 15) is 9.18 Å². The number of aromatic amines is 1. The summed E-state index contributed by atoms with van der Waals surface area (Å²) in [5, 5.41) is 7.25. The number of hydrogen-bond acceptors (Lipinski definition) is 3. The molecular formula is C23H26FN3O2. The van der Waals surface area contributed by atoms with Gasteiger partial charge in [-0.2, -0.15) is 5.10 Å². The smallest absolute Gasteiger partial charge is 0.222 e. The fraction of sp³-hybridized carbons (Fsp3) is 0.304. The van der Waals surface area contributed by atoms with E-state index in [1.165, 1.54) is 12.1 Å². The van der Waals surface area contributed by atoms with E-state index < -0.39 is 0 Å². The molecule has 0 fully saturated rings. The maximum absolute atomic E-state index is 13.4. The largest absolute Gasteiger partial charge is 0.496 e. The van der Waals surface area contributed by atoms with Gasteiger partial charge in [0, 0.05) is 31.3 Å². The van der Waals surface area contributed by atoms with Crippen LogP contribution in [0.1, 0.15) is 24.1 Å². The third-order valence-corrected chi connectivity index (χ3v) is 4.92. The molecule has 0 aliphatic carbocycles. The van der Waals surface area contributed by atoms with Crippen LogP contribution in [-0.2, 0) is 17.6 Å². The summed E-state index contributed by atoms with van der Waals surface area (Å²) in [5.74, 6) is 0.651. The first kappa shape index (κ1) is 20.6. The molecule has 29 heavy (non-hydrogen) atoms. The van der Waals surface area contributed by atoms with Crippen molar-refractivity contribution in [2.75, 3.05) is 20.7 Å². The number of aryl methyl sites for hydroxylation is 2. The van der Waals surface area contributed by atoms with Crippen molar-refractivity contribution in [3.8, 4) is 17.0 Å². The van der Waals surface area contributed by atoms with E-state index in [0.717, 1.165) is 41.1 Å². The van der Waals surface area contributed by atoms with Crippen LogP contribution in [0.15, 0.2) is 54.6 Å². The zero-order chi connectivity index (χ0) is 20.6. The molecule has 0 saturated carbocycles. The van der Waals surface area contributed by atoms with Crippen LogP contribution in [-0.4, -0.2) is 41.7 Å². The Morgan fingerprint density at radius 2 is 1.97 bits per heavy atom. The number of carbonyl (C=O) groups excluding carboxylic acids is 1. The van der Waals surface area contributed by atoms with E-state index >= 15 is 0 Å². The van der Waals surface area contributed by atoms with Gasteiger partial charge in [0.1, 0.15) is 11.6 Å². The van der Waals surface area contributed by atoms with Gasteiger partial charge in [-0.25, -0.2) is 4.39 Å². The highest BCUT2D eigenvalue weighted by Crippen LogP contribution is 2.20. The summed E-state index contributed by atoms with van der Waals surface area (Å²) >= 11 is 0. The average Bonchev–Trinajstić information content (AvgIpc) is 3.21. The van der Waals surface area contributed by atoms with Crippen molar-refractivity contribution < 1.29 is 13.9 Å². The van der Waals surface area contributed by atoms with Crippen LogP contribution < -0.4 is 4.74 Å². The lowest BCUT2D eigenvalue weighted by molar-refractivity contribution is -0.129. The number of carbonyl (C=O) groups is 1. The van der Waals surface area contributed by atoms with Crippen LogP contribution >= 0.6 is 0 Å². The number of aromatic nitrogens is 2. The Hall–Kier alpha value is -3.15. The van der Waals surface area contributed by atoms with Crippen LogP contribution in [0, 0.1) is 5.82 Å². The molecule has 0 unspecified atom stereocenters. The zero-order valence-electron chi connectivity index (χ0n) is 16.8. The molecule has 3 rings (SSSR count). The highest BCUT2D eigenvalue weighted by atomic mass is 19.1. The minimum absolute atomic E-state index is 0.112. The van der Waals surface area contributed by atoms with Crippen LogP contribution in [0.3, 0.4) is 0 Å². The van der Waals surface area contributed by atoms with Crippen LogP contribution in [0.4, 0.5) is 4.39 Å². The molecule has 1 heterocycles.